The second kappa shape index (κ2) is 5.44. The van der Waals surface area contributed by atoms with Crippen LogP contribution in [0, 0.1) is 22.2 Å². The molecule has 0 aliphatic heterocycles. The zero-order valence-electron chi connectivity index (χ0n) is 13.6. The highest BCUT2D eigenvalue weighted by atomic mass is 35.5. The maximum absolute atomic E-state index is 12.4. The molecule has 0 radical (unpaired) electrons. The first-order chi connectivity index (χ1) is 9.86. The lowest BCUT2D eigenvalue weighted by Crippen LogP contribution is -2.56. The van der Waals surface area contributed by atoms with Gasteiger partial charge in [-0.2, -0.15) is 0 Å². The van der Waals surface area contributed by atoms with Crippen LogP contribution in [0.5, 0.6) is 0 Å². The molecule has 0 spiro atoms. The molecule has 1 N–H and O–H groups in total. The summed E-state index contributed by atoms with van der Waals surface area (Å²) in [6, 6.07) is 0. The second-order valence-corrected chi connectivity index (χ2v) is 9.43. The van der Waals surface area contributed by atoms with E-state index in [1.807, 2.05) is 0 Å². The van der Waals surface area contributed by atoms with Crippen LogP contribution in [0.15, 0.2) is 0 Å². The number of hydrogen-bond donors (Lipinski definition) is 1. The smallest absolute Gasteiger partial charge is 0.220 e. The largest absolute Gasteiger partial charge is 0.356 e. The van der Waals surface area contributed by atoms with Crippen molar-refractivity contribution in [2.45, 2.75) is 71.6 Å². The number of carbonyl (C=O) groups is 1. The summed E-state index contributed by atoms with van der Waals surface area (Å²) in [5.41, 5.74) is 1.32. The van der Waals surface area contributed by atoms with Gasteiger partial charge in [-0.3, -0.25) is 4.79 Å². The summed E-state index contributed by atoms with van der Waals surface area (Å²) >= 11 is 5.68. The molecule has 1 amide bonds. The average molecular weight is 312 g/mol. The van der Waals surface area contributed by atoms with Crippen molar-refractivity contribution in [2.24, 2.45) is 22.2 Å². The number of amides is 1. The van der Waals surface area contributed by atoms with Gasteiger partial charge in [-0.25, -0.2) is 0 Å². The predicted octanol–water partition coefficient (Wildman–Crippen LogP) is 4.51. The summed E-state index contributed by atoms with van der Waals surface area (Å²) < 4.78 is 0. The molecule has 120 valence electrons. The van der Waals surface area contributed by atoms with Crippen molar-refractivity contribution in [2.75, 3.05) is 12.4 Å². The fourth-order valence-corrected chi connectivity index (χ4v) is 6.92. The zero-order valence-corrected chi connectivity index (χ0v) is 14.4. The van der Waals surface area contributed by atoms with E-state index < -0.39 is 0 Å². The van der Waals surface area contributed by atoms with E-state index in [9.17, 15) is 4.79 Å². The number of carbonyl (C=O) groups excluding carboxylic acids is 1. The minimum absolute atomic E-state index is 0.277. The molecule has 0 aromatic rings. The van der Waals surface area contributed by atoms with E-state index in [0.717, 1.165) is 31.7 Å². The van der Waals surface area contributed by atoms with Crippen LogP contribution in [0.3, 0.4) is 0 Å². The molecule has 21 heavy (non-hydrogen) atoms. The molecule has 2 atom stereocenters. The molecule has 4 aliphatic rings. The highest BCUT2D eigenvalue weighted by Crippen LogP contribution is 2.70. The van der Waals surface area contributed by atoms with E-state index in [-0.39, 0.29) is 5.91 Å². The molecule has 2 unspecified atom stereocenters. The van der Waals surface area contributed by atoms with Gasteiger partial charge in [0.2, 0.25) is 5.91 Å². The SMILES string of the molecule is CC12CC3CC(C)(C1)CC(CC(=O)NCCCCCl)(C3)C2. The normalized spacial score (nSPS) is 44.0. The number of alkyl halides is 1. The molecule has 0 aromatic carbocycles. The molecule has 0 saturated heterocycles. The van der Waals surface area contributed by atoms with E-state index in [4.69, 9.17) is 11.6 Å². The van der Waals surface area contributed by atoms with Gasteiger partial charge < -0.3 is 5.32 Å². The van der Waals surface area contributed by atoms with E-state index in [0.29, 0.717) is 22.1 Å². The quantitative estimate of drug-likeness (QED) is 0.567. The topological polar surface area (TPSA) is 29.1 Å². The van der Waals surface area contributed by atoms with Gasteiger partial charge in [-0.1, -0.05) is 13.8 Å². The van der Waals surface area contributed by atoms with Gasteiger partial charge in [0, 0.05) is 18.8 Å². The molecule has 4 fully saturated rings. The standard InChI is InChI=1S/C18H30ClNO/c1-16-7-14-8-17(2,11-16)13-18(9-14,12-16)10-15(21)20-6-4-3-5-19/h14H,3-13H2,1-2H3,(H,20,21). The molecule has 0 heterocycles. The summed E-state index contributed by atoms with van der Waals surface area (Å²) in [7, 11) is 0. The van der Waals surface area contributed by atoms with Gasteiger partial charge in [-0.05, 0) is 73.5 Å². The fraction of sp³-hybridized carbons (Fsp3) is 0.944. The maximum atomic E-state index is 12.4. The van der Waals surface area contributed by atoms with Crippen LogP contribution < -0.4 is 5.32 Å². The molecule has 0 aromatic heterocycles. The average Bonchev–Trinajstić information content (AvgIpc) is 2.29. The van der Waals surface area contributed by atoms with Crippen molar-refractivity contribution in [3.8, 4) is 0 Å². The minimum Gasteiger partial charge on any atom is -0.356 e. The van der Waals surface area contributed by atoms with E-state index in [2.05, 4.69) is 19.2 Å². The molecule has 4 aliphatic carbocycles. The van der Waals surface area contributed by atoms with Crippen molar-refractivity contribution in [3.05, 3.63) is 0 Å². The molecule has 2 nitrogen and oxygen atoms in total. The Morgan fingerprint density at radius 1 is 1.10 bits per heavy atom. The number of rotatable bonds is 6. The lowest BCUT2D eigenvalue weighted by molar-refractivity contribution is -0.156. The Kier molecular flexibility index (Phi) is 4.05. The third-order valence-electron chi connectivity index (χ3n) is 6.16. The van der Waals surface area contributed by atoms with Gasteiger partial charge in [0.05, 0.1) is 0 Å². The molecular formula is C18H30ClNO. The number of unbranched alkanes of at least 4 members (excludes halogenated alkanes) is 1. The predicted molar refractivity (Wildman–Crippen MR) is 87.4 cm³/mol. The molecule has 3 heteroatoms. The van der Waals surface area contributed by atoms with E-state index in [1.54, 1.807) is 0 Å². The van der Waals surface area contributed by atoms with Crippen molar-refractivity contribution < 1.29 is 4.79 Å². The molecule has 4 saturated carbocycles. The monoisotopic (exact) mass is 311 g/mol. The van der Waals surface area contributed by atoms with Crippen LogP contribution in [0.25, 0.3) is 0 Å². The van der Waals surface area contributed by atoms with Crippen molar-refractivity contribution >= 4 is 17.5 Å². The Morgan fingerprint density at radius 3 is 2.33 bits per heavy atom. The van der Waals surface area contributed by atoms with Crippen LogP contribution in [0.2, 0.25) is 0 Å². The molecular weight excluding hydrogens is 282 g/mol. The van der Waals surface area contributed by atoms with Crippen LogP contribution in [0.1, 0.15) is 71.6 Å². The first-order valence-electron chi connectivity index (χ1n) is 8.69. The third-order valence-corrected chi connectivity index (χ3v) is 6.43. The van der Waals surface area contributed by atoms with Crippen LogP contribution in [0.4, 0.5) is 0 Å². The van der Waals surface area contributed by atoms with Gasteiger partial charge in [0.1, 0.15) is 0 Å². The van der Waals surface area contributed by atoms with Crippen LogP contribution in [-0.2, 0) is 4.79 Å². The minimum atomic E-state index is 0.277. The Bertz CT molecular complexity index is 403. The molecule has 4 rings (SSSR count). The first kappa shape index (κ1) is 15.6. The number of nitrogens with one attached hydrogen (secondary N) is 1. The summed E-state index contributed by atoms with van der Waals surface area (Å²) in [5, 5.41) is 3.12. The zero-order chi connectivity index (χ0) is 15.1. The van der Waals surface area contributed by atoms with Crippen molar-refractivity contribution in [3.63, 3.8) is 0 Å². The maximum Gasteiger partial charge on any atom is 0.220 e. The summed E-state index contributed by atoms with van der Waals surface area (Å²) in [4.78, 5) is 12.4. The highest BCUT2D eigenvalue weighted by Gasteiger charge is 2.60. The van der Waals surface area contributed by atoms with Crippen molar-refractivity contribution in [1.82, 2.24) is 5.32 Å². The lowest BCUT2D eigenvalue weighted by atomic mass is 9.40. The second-order valence-electron chi connectivity index (χ2n) is 9.05. The Labute approximate surface area is 134 Å². The van der Waals surface area contributed by atoms with Gasteiger partial charge in [0.15, 0.2) is 0 Å². The van der Waals surface area contributed by atoms with Crippen LogP contribution >= 0.6 is 11.6 Å². The van der Waals surface area contributed by atoms with E-state index >= 15 is 0 Å². The molecule has 4 bridgehead atoms. The summed E-state index contributed by atoms with van der Waals surface area (Å²) in [6.07, 6.45) is 10.8. The number of hydrogen-bond acceptors (Lipinski definition) is 1. The van der Waals surface area contributed by atoms with Gasteiger partial charge >= 0.3 is 0 Å². The van der Waals surface area contributed by atoms with E-state index in [1.165, 1.54) is 38.5 Å². The number of halogens is 1. The Hall–Kier alpha value is -0.240. The van der Waals surface area contributed by atoms with Crippen LogP contribution in [-0.4, -0.2) is 18.3 Å². The van der Waals surface area contributed by atoms with Gasteiger partial charge in [0.25, 0.3) is 0 Å². The lowest BCUT2D eigenvalue weighted by Gasteiger charge is -2.65. The highest BCUT2D eigenvalue weighted by molar-refractivity contribution is 6.17. The van der Waals surface area contributed by atoms with Gasteiger partial charge in [-0.15, -0.1) is 11.6 Å². The first-order valence-corrected chi connectivity index (χ1v) is 9.22. The Morgan fingerprint density at radius 2 is 1.76 bits per heavy atom. The Balaban J connectivity index is 1.61. The fourth-order valence-electron chi connectivity index (χ4n) is 6.73. The third kappa shape index (κ3) is 3.25. The summed E-state index contributed by atoms with van der Waals surface area (Å²) in [6.45, 7) is 5.74. The summed E-state index contributed by atoms with van der Waals surface area (Å²) in [5.74, 6) is 1.84. The van der Waals surface area contributed by atoms with Crippen molar-refractivity contribution in [1.29, 1.82) is 0 Å².